The Morgan fingerprint density at radius 1 is 1.44 bits per heavy atom. The summed E-state index contributed by atoms with van der Waals surface area (Å²) >= 11 is 0. The molecule has 0 unspecified atom stereocenters. The molecule has 0 radical (unpaired) electrons. The molecule has 1 aromatic carbocycles. The zero-order chi connectivity index (χ0) is 12.2. The minimum absolute atomic E-state index is 0.0761. The lowest BCUT2D eigenvalue weighted by molar-refractivity contribution is 0.0112. The lowest BCUT2D eigenvalue weighted by Crippen LogP contribution is -2.42. The predicted octanol–water partition coefficient (Wildman–Crippen LogP) is 1.18. The fourth-order valence-electron chi connectivity index (χ4n) is 0.981. The van der Waals surface area contributed by atoms with Crippen molar-refractivity contribution in [2.24, 2.45) is 0 Å². The van der Waals surface area contributed by atoms with Crippen LogP contribution in [-0.4, -0.2) is 23.3 Å². The van der Waals surface area contributed by atoms with Crippen molar-refractivity contribution >= 4 is 11.7 Å². The molecule has 0 aliphatic rings. The Morgan fingerprint density at radius 2 is 2.00 bits per heavy atom. The molecule has 0 saturated carbocycles. The average molecular weight is 224 g/mol. The molecule has 0 aliphatic heterocycles. The van der Waals surface area contributed by atoms with E-state index in [2.05, 4.69) is 5.48 Å². The van der Waals surface area contributed by atoms with E-state index in [1.807, 2.05) is 0 Å². The molecule has 0 aromatic heterocycles. The molecule has 0 heterocycles. The van der Waals surface area contributed by atoms with E-state index in [1.54, 1.807) is 38.1 Å². The first-order valence-electron chi connectivity index (χ1n) is 4.88. The Hall–Kier alpha value is -1.59. The SMILES string of the molecule is CC(C)(COC(=O)c1ccc(N)cc1)NO. The minimum Gasteiger partial charge on any atom is -0.460 e. The largest absolute Gasteiger partial charge is 0.460 e. The summed E-state index contributed by atoms with van der Waals surface area (Å²) in [5, 5.41) is 8.76. The number of benzene rings is 1. The van der Waals surface area contributed by atoms with Gasteiger partial charge in [-0.15, -0.1) is 0 Å². The fourth-order valence-corrected chi connectivity index (χ4v) is 0.981. The Bertz CT molecular complexity index is 360. The molecule has 0 atom stereocenters. The van der Waals surface area contributed by atoms with E-state index in [0.717, 1.165) is 0 Å². The van der Waals surface area contributed by atoms with Crippen molar-refractivity contribution in [1.29, 1.82) is 0 Å². The monoisotopic (exact) mass is 224 g/mol. The zero-order valence-corrected chi connectivity index (χ0v) is 9.36. The maximum atomic E-state index is 11.5. The normalized spacial score (nSPS) is 11.2. The fraction of sp³-hybridized carbons (Fsp3) is 0.364. The number of hydroxylamine groups is 1. The van der Waals surface area contributed by atoms with E-state index in [9.17, 15) is 4.79 Å². The maximum absolute atomic E-state index is 11.5. The molecule has 0 bridgehead atoms. The smallest absolute Gasteiger partial charge is 0.338 e. The topological polar surface area (TPSA) is 84.6 Å². The summed E-state index contributed by atoms with van der Waals surface area (Å²) in [6.45, 7) is 3.50. The Kier molecular flexibility index (Phi) is 3.87. The summed E-state index contributed by atoms with van der Waals surface area (Å²) in [7, 11) is 0. The molecule has 1 aromatic rings. The molecule has 0 spiro atoms. The number of anilines is 1. The van der Waals surface area contributed by atoms with Crippen LogP contribution in [0.1, 0.15) is 24.2 Å². The summed E-state index contributed by atoms with van der Waals surface area (Å²) in [5.74, 6) is -0.441. The number of hydrogen-bond donors (Lipinski definition) is 3. The van der Waals surface area contributed by atoms with Gasteiger partial charge >= 0.3 is 5.97 Å². The summed E-state index contributed by atoms with van der Waals surface area (Å²) in [5.41, 5.74) is 7.92. The molecule has 0 saturated heterocycles. The van der Waals surface area contributed by atoms with E-state index >= 15 is 0 Å². The van der Waals surface area contributed by atoms with Crippen molar-refractivity contribution in [2.45, 2.75) is 19.4 Å². The lowest BCUT2D eigenvalue weighted by atomic mass is 10.1. The number of ether oxygens (including phenoxy) is 1. The summed E-state index contributed by atoms with van der Waals surface area (Å²) in [6.07, 6.45) is 0. The second-order valence-corrected chi connectivity index (χ2v) is 4.19. The first-order chi connectivity index (χ1) is 7.44. The van der Waals surface area contributed by atoms with Gasteiger partial charge in [-0.2, -0.15) is 5.48 Å². The van der Waals surface area contributed by atoms with E-state index in [1.165, 1.54) is 0 Å². The number of carbonyl (C=O) groups is 1. The van der Waals surface area contributed by atoms with Gasteiger partial charge in [0.25, 0.3) is 0 Å². The van der Waals surface area contributed by atoms with Crippen LogP contribution in [-0.2, 0) is 4.74 Å². The van der Waals surface area contributed by atoms with Crippen LogP contribution in [0.4, 0.5) is 5.69 Å². The molecule has 5 nitrogen and oxygen atoms in total. The van der Waals surface area contributed by atoms with E-state index in [0.29, 0.717) is 11.3 Å². The molecular weight excluding hydrogens is 208 g/mol. The van der Waals surface area contributed by atoms with Crippen molar-refractivity contribution < 1.29 is 14.7 Å². The predicted molar refractivity (Wildman–Crippen MR) is 60.1 cm³/mol. The standard InChI is InChI=1S/C11H16N2O3/c1-11(2,13-15)7-16-10(14)8-3-5-9(12)6-4-8/h3-6,13,15H,7,12H2,1-2H3. The van der Waals surface area contributed by atoms with Crippen LogP contribution in [0.5, 0.6) is 0 Å². The van der Waals surface area contributed by atoms with Crippen LogP contribution in [0.3, 0.4) is 0 Å². The maximum Gasteiger partial charge on any atom is 0.338 e. The molecule has 16 heavy (non-hydrogen) atoms. The number of carbonyl (C=O) groups excluding carboxylic acids is 1. The third kappa shape index (κ3) is 3.52. The molecule has 0 aliphatic carbocycles. The zero-order valence-electron chi connectivity index (χ0n) is 9.36. The highest BCUT2D eigenvalue weighted by molar-refractivity contribution is 5.89. The third-order valence-electron chi connectivity index (χ3n) is 2.01. The highest BCUT2D eigenvalue weighted by Gasteiger charge is 2.19. The Morgan fingerprint density at radius 3 is 2.50 bits per heavy atom. The summed E-state index contributed by atoms with van der Waals surface area (Å²) < 4.78 is 5.02. The van der Waals surface area contributed by atoms with Gasteiger partial charge in [0, 0.05) is 5.69 Å². The quantitative estimate of drug-likeness (QED) is 0.406. The second kappa shape index (κ2) is 4.96. The number of esters is 1. The van der Waals surface area contributed by atoms with Gasteiger partial charge in [-0.1, -0.05) is 0 Å². The number of nitrogen functional groups attached to an aromatic ring is 1. The van der Waals surface area contributed by atoms with Gasteiger partial charge in [-0.05, 0) is 38.1 Å². The van der Waals surface area contributed by atoms with Crippen molar-refractivity contribution in [2.75, 3.05) is 12.3 Å². The molecule has 5 heteroatoms. The Balaban J connectivity index is 2.56. The number of hydrogen-bond acceptors (Lipinski definition) is 5. The van der Waals surface area contributed by atoms with Crippen LogP contribution in [0.2, 0.25) is 0 Å². The van der Waals surface area contributed by atoms with Gasteiger partial charge < -0.3 is 15.7 Å². The molecule has 4 N–H and O–H groups in total. The van der Waals surface area contributed by atoms with E-state index in [-0.39, 0.29) is 6.61 Å². The van der Waals surface area contributed by atoms with E-state index in [4.69, 9.17) is 15.7 Å². The van der Waals surface area contributed by atoms with Crippen LogP contribution >= 0.6 is 0 Å². The highest BCUT2D eigenvalue weighted by atomic mass is 16.5. The molecule has 1 rings (SSSR count). The minimum atomic E-state index is -0.663. The Labute approximate surface area is 94.2 Å². The summed E-state index contributed by atoms with van der Waals surface area (Å²) in [4.78, 5) is 11.5. The van der Waals surface area contributed by atoms with Crippen LogP contribution in [0.25, 0.3) is 0 Å². The van der Waals surface area contributed by atoms with Crippen molar-refractivity contribution in [3.05, 3.63) is 29.8 Å². The molecule has 88 valence electrons. The van der Waals surface area contributed by atoms with Gasteiger partial charge in [0.2, 0.25) is 0 Å². The van der Waals surface area contributed by atoms with Gasteiger partial charge in [0.15, 0.2) is 0 Å². The van der Waals surface area contributed by atoms with Gasteiger partial charge in [-0.25, -0.2) is 4.79 Å². The van der Waals surface area contributed by atoms with Gasteiger partial charge in [0.05, 0.1) is 11.1 Å². The average Bonchev–Trinajstić information content (AvgIpc) is 2.27. The molecular formula is C11H16N2O3. The van der Waals surface area contributed by atoms with Crippen LogP contribution in [0.15, 0.2) is 24.3 Å². The van der Waals surface area contributed by atoms with Crippen molar-refractivity contribution in [3.63, 3.8) is 0 Å². The molecule has 0 amide bonds. The van der Waals surface area contributed by atoms with Crippen molar-refractivity contribution in [3.8, 4) is 0 Å². The van der Waals surface area contributed by atoms with Crippen LogP contribution in [0, 0.1) is 0 Å². The molecule has 0 fully saturated rings. The third-order valence-corrected chi connectivity index (χ3v) is 2.01. The number of rotatable bonds is 4. The van der Waals surface area contributed by atoms with Gasteiger partial charge in [0.1, 0.15) is 6.61 Å². The summed E-state index contributed by atoms with van der Waals surface area (Å²) in [6, 6.07) is 6.45. The van der Waals surface area contributed by atoms with Crippen molar-refractivity contribution in [1.82, 2.24) is 5.48 Å². The van der Waals surface area contributed by atoms with Gasteiger partial charge in [-0.3, -0.25) is 0 Å². The highest BCUT2D eigenvalue weighted by Crippen LogP contribution is 2.09. The van der Waals surface area contributed by atoms with Crippen LogP contribution < -0.4 is 11.2 Å². The first-order valence-corrected chi connectivity index (χ1v) is 4.88. The van der Waals surface area contributed by atoms with E-state index < -0.39 is 11.5 Å². The first kappa shape index (κ1) is 12.5. The lowest BCUT2D eigenvalue weighted by Gasteiger charge is -2.21. The second-order valence-electron chi connectivity index (χ2n) is 4.19. The number of nitrogens with one attached hydrogen (secondary N) is 1. The number of nitrogens with two attached hydrogens (primary N) is 1.